The van der Waals surface area contributed by atoms with E-state index in [2.05, 4.69) is 20.3 Å². The molecule has 1 saturated heterocycles. The molecule has 0 aromatic carbocycles. The number of fused-ring (bicyclic) bond motifs is 1. The molecule has 0 saturated carbocycles. The van der Waals surface area contributed by atoms with Crippen molar-refractivity contribution < 1.29 is 13.2 Å². The lowest BCUT2D eigenvalue weighted by Crippen LogP contribution is -2.44. The zero-order valence-electron chi connectivity index (χ0n) is 16.3. The van der Waals surface area contributed by atoms with Gasteiger partial charge < -0.3 is 10.2 Å². The summed E-state index contributed by atoms with van der Waals surface area (Å²) in [6.07, 6.45) is 7.56. The lowest BCUT2D eigenvalue weighted by molar-refractivity contribution is 0.213. The van der Waals surface area contributed by atoms with Crippen LogP contribution in [-0.4, -0.2) is 71.0 Å². The number of piperidine rings is 1. The van der Waals surface area contributed by atoms with Gasteiger partial charge >= 0.3 is 6.03 Å². The van der Waals surface area contributed by atoms with Crippen molar-refractivity contribution in [3.63, 3.8) is 0 Å². The number of carbonyl (C=O) groups is 1. The van der Waals surface area contributed by atoms with Crippen LogP contribution in [0.15, 0.2) is 30.7 Å². The van der Waals surface area contributed by atoms with Gasteiger partial charge in [-0.25, -0.2) is 27.4 Å². The molecule has 2 amide bonds. The molecule has 1 N–H and O–H groups in total. The molecular weight excluding hydrogens is 394 g/mol. The normalized spacial score (nSPS) is 18.6. The van der Waals surface area contributed by atoms with E-state index in [4.69, 9.17) is 0 Å². The van der Waals surface area contributed by atoms with Crippen LogP contribution in [0, 0.1) is 0 Å². The molecule has 0 unspecified atom stereocenters. The summed E-state index contributed by atoms with van der Waals surface area (Å²) < 4.78 is 24.8. The van der Waals surface area contributed by atoms with E-state index in [0.717, 1.165) is 5.56 Å². The fourth-order valence-corrected chi connectivity index (χ4v) is 4.46. The van der Waals surface area contributed by atoms with Gasteiger partial charge in [-0.05, 0) is 25.0 Å². The Balaban J connectivity index is 1.56. The van der Waals surface area contributed by atoms with Gasteiger partial charge in [0.2, 0.25) is 16.0 Å². The first-order chi connectivity index (χ1) is 13.8. The van der Waals surface area contributed by atoms with Crippen LogP contribution in [0.25, 0.3) is 0 Å². The Morgan fingerprint density at radius 1 is 1.21 bits per heavy atom. The van der Waals surface area contributed by atoms with Crippen LogP contribution in [0.5, 0.6) is 0 Å². The number of aromatic nitrogens is 3. The number of nitrogens with zero attached hydrogens (tertiary/aromatic N) is 6. The molecule has 11 heteroatoms. The summed E-state index contributed by atoms with van der Waals surface area (Å²) >= 11 is 0. The minimum atomic E-state index is -3.16. The molecule has 154 valence electrons. The van der Waals surface area contributed by atoms with Crippen LogP contribution in [-0.2, 0) is 16.6 Å². The molecular formula is C18H23N7O3S. The van der Waals surface area contributed by atoms with E-state index in [1.165, 1.54) is 15.5 Å². The number of pyridine rings is 1. The quantitative estimate of drug-likeness (QED) is 0.800. The van der Waals surface area contributed by atoms with Gasteiger partial charge in [-0.2, -0.15) is 4.98 Å². The number of urea groups is 1. The molecule has 4 rings (SSSR count). The molecule has 2 aromatic heterocycles. The van der Waals surface area contributed by atoms with E-state index in [9.17, 15) is 13.2 Å². The van der Waals surface area contributed by atoms with Crippen LogP contribution < -0.4 is 10.2 Å². The van der Waals surface area contributed by atoms with Crippen molar-refractivity contribution in [2.24, 2.45) is 0 Å². The number of rotatable bonds is 4. The van der Waals surface area contributed by atoms with Gasteiger partial charge in [0.15, 0.2) is 5.82 Å². The molecule has 1 fully saturated rings. The van der Waals surface area contributed by atoms with Gasteiger partial charge in [0.25, 0.3) is 0 Å². The highest BCUT2D eigenvalue weighted by atomic mass is 32.2. The molecule has 0 spiro atoms. The Labute approximate surface area is 169 Å². The number of carbonyl (C=O) groups excluding carboxylic acids is 1. The van der Waals surface area contributed by atoms with Crippen molar-refractivity contribution in [3.8, 4) is 0 Å². The second-order valence-corrected chi connectivity index (χ2v) is 9.29. The van der Waals surface area contributed by atoms with Crippen LogP contribution in [0.1, 0.15) is 18.4 Å². The lowest BCUT2D eigenvalue weighted by atomic mass is 10.1. The molecule has 4 heterocycles. The smallest absolute Gasteiger partial charge is 0.330 e. The first-order valence-electron chi connectivity index (χ1n) is 9.36. The molecule has 2 aliphatic heterocycles. The molecule has 0 aliphatic carbocycles. The van der Waals surface area contributed by atoms with Crippen molar-refractivity contribution in [2.45, 2.75) is 25.4 Å². The number of sulfonamides is 1. The zero-order valence-corrected chi connectivity index (χ0v) is 17.1. The molecule has 0 atom stereocenters. The van der Waals surface area contributed by atoms with Crippen molar-refractivity contribution in [1.82, 2.24) is 24.2 Å². The first kappa shape index (κ1) is 19.5. The van der Waals surface area contributed by atoms with Gasteiger partial charge in [-0.3, -0.25) is 4.98 Å². The topological polar surface area (TPSA) is 112 Å². The van der Waals surface area contributed by atoms with E-state index < -0.39 is 10.0 Å². The Morgan fingerprint density at radius 2 is 1.97 bits per heavy atom. The van der Waals surface area contributed by atoms with Gasteiger partial charge in [0, 0.05) is 44.1 Å². The van der Waals surface area contributed by atoms with Gasteiger partial charge in [0.1, 0.15) is 0 Å². The Hall–Kier alpha value is -2.79. The van der Waals surface area contributed by atoms with Crippen LogP contribution in [0.3, 0.4) is 0 Å². The predicted molar refractivity (Wildman–Crippen MR) is 108 cm³/mol. The highest BCUT2D eigenvalue weighted by Gasteiger charge is 2.32. The Morgan fingerprint density at radius 3 is 2.62 bits per heavy atom. The number of anilines is 3. The van der Waals surface area contributed by atoms with Crippen LogP contribution >= 0.6 is 0 Å². The van der Waals surface area contributed by atoms with E-state index >= 15 is 0 Å². The third kappa shape index (κ3) is 4.01. The summed E-state index contributed by atoms with van der Waals surface area (Å²) in [5.74, 6) is 0.958. The largest absolute Gasteiger partial charge is 0.351 e. The minimum absolute atomic E-state index is 0.0693. The molecule has 2 aromatic rings. The summed E-state index contributed by atoms with van der Waals surface area (Å²) in [5, 5.41) is 3.29. The number of hydrogen-bond acceptors (Lipinski definition) is 7. The van der Waals surface area contributed by atoms with Gasteiger partial charge in [0.05, 0.1) is 24.7 Å². The van der Waals surface area contributed by atoms with Crippen molar-refractivity contribution in [2.75, 3.05) is 36.6 Å². The first-order valence-corrected chi connectivity index (χ1v) is 11.2. The second kappa shape index (κ2) is 7.56. The summed E-state index contributed by atoms with van der Waals surface area (Å²) in [6, 6.07) is 3.47. The number of nitrogens with one attached hydrogen (secondary N) is 1. The highest BCUT2D eigenvalue weighted by molar-refractivity contribution is 7.88. The number of hydrogen-bond donors (Lipinski definition) is 1. The standard InChI is InChI=1S/C18H23N7O3S/c1-23-12-13-10-20-17(21-14-5-8-24(9-6-14)29(2,27)28)22-16(13)25(18(23)26)15-4-3-7-19-11-15/h3-4,7,10-11,14H,5-6,8-9,12H2,1-2H3,(H,20,21,22). The third-order valence-electron chi connectivity index (χ3n) is 5.14. The highest BCUT2D eigenvalue weighted by Crippen LogP contribution is 2.32. The SMILES string of the molecule is CN1Cc2cnc(NC3CCN(S(C)(=O)=O)CC3)nc2N(c2cccnc2)C1=O. The van der Waals surface area contributed by atoms with E-state index in [1.807, 2.05) is 6.07 Å². The predicted octanol–water partition coefficient (Wildman–Crippen LogP) is 1.41. The lowest BCUT2D eigenvalue weighted by Gasteiger charge is -2.34. The molecule has 2 aliphatic rings. The van der Waals surface area contributed by atoms with Crippen LogP contribution in [0.4, 0.5) is 22.2 Å². The maximum absolute atomic E-state index is 12.8. The van der Waals surface area contributed by atoms with E-state index in [0.29, 0.717) is 49.9 Å². The summed E-state index contributed by atoms with van der Waals surface area (Å²) in [6.45, 7) is 1.36. The average Bonchev–Trinajstić information content (AvgIpc) is 2.70. The monoisotopic (exact) mass is 417 g/mol. The van der Waals surface area contributed by atoms with Crippen molar-refractivity contribution in [1.29, 1.82) is 0 Å². The maximum Gasteiger partial charge on any atom is 0.330 e. The summed E-state index contributed by atoms with van der Waals surface area (Å²) in [4.78, 5) is 29.1. The average molecular weight is 417 g/mol. The fourth-order valence-electron chi connectivity index (χ4n) is 3.59. The fraction of sp³-hybridized carbons (Fsp3) is 0.444. The Bertz CT molecular complexity index is 1010. The molecule has 10 nitrogen and oxygen atoms in total. The second-order valence-electron chi connectivity index (χ2n) is 7.31. The van der Waals surface area contributed by atoms with E-state index in [1.54, 1.807) is 36.6 Å². The van der Waals surface area contributed by atoms with Crippen molar-refractivity contribution >= 4 is 33.5 Å². The molecule has 0 radical (unpaired) electrons. The number of amides is 2. The minimum Gasteiger partial charge on any atom is -0.351 e. The van der Waals surface area contributed by atoms with Gasteiger partial charge in [-0.15, -0.1) is 0 Å². The molecule has 0 bridgehead atoms. The van der Waals surface area contributed by atoms with Gasteiger partial charge in [-0.1, -0.05) is 0 Å². The Kier molecular flexibility index (Phi) is 5.09. The third-order valence-corrected chi connectivity index (χ3v) is 6.44. The zero-order chi connectivity index (χ0) is 20.6. The maximum atomic E-state index is 12.8. The summed E-state index contributed by atoms with van der Waals surface area (Å²) in [5.41, 5.74) is 1.48. The van der Waals surface area contributed by atoms with Crippen LogP contribution in [0.2, 0.25) is 0 Å². The van der Waals surface area contributed by atoms with E-state index in [-0.39, 0.29) is 12.1 Å². The molecule has 29 heavy (non-hydrogen) atoms. The summed E-state index contributed by atoms with van der Waals surface area (Å²) in [7, 11) is -1.43. The van der Waals surface area contributed by atoms with Crippen molar-refractivity contribution in [3.05, 3.63) is 36.3 Å².